The van der Waals surface area contributed by atoms with Crippen molar-refractivity contribution in [3.05, 3.63) is 88.5 Å². The van der Waals surface area contributed by atoms with Gasteiger partial charge in [0, 0.05) is 10.7 Å². The van der Waals surface area contributed by atoms with Crippen LogP contribution in [0.5, 0.6) is 11.5 Å². The Morgan fingerprint density at radius 3 is 2.30 bits per heavy atom. The van der Waals surface area contributed by atoms with E-state index in [1.165, 1.54) is 43.5 Å². The lowest BCUT2D eigenvalue weighted by Crippen LogP contribution is -2.13. The van der Waals surface area contributed by atoms with E-state index in [1.807, 2.05) is 13.0 Å². The number of nitriles is 1. The van der Waals surface area contributed by atoms with Crippen LogP contribution in [0.25, 0.3) is 6.08 Å². The van der Waals surface area contributed by atoms with Gasteiger partial charge in [-0.1, -0.05) is 35.4 Å². The largest absolute Gasteiger partial charge is 0.493 e. The molecule has 0 saturated carbocycles. The van der Waals surface area contributed by atoms with Gasteiger partial charge in [0.2, 0.25) is 0 Å². The SMILES string of the molecule is COc1cc(/C=C(\C#N)C(=O)Nc2ccc(Cl)cc2)ccc1OS(=O)(=O)c1ccc(C)cc1. The molecule has 0 aliphatic carbocycles. The topological polar surface area (TPSA) is 105 Å². The molecule has 0 bridgehead atoms. The van der Waals surface area contributed by atoms with Gasteiger partial charge in [-0.25, -0.2) is 0 Å². The Balaban J connectivity index is 1.83. The molecule has 33 heavy (non-hydrogen) atoms. The fourth-order valence-electron chi connectivity index (χ4n) is 2.76. The van der Waals surface area contributed by atoms with Crippen LogP contribution in [-0.2, 0) is 14.9 Å². The minimum atomic E-state index is -4.08. The predicted molar refractivity (Wildman–Crippen MR) is 126 cm³/mol. The second kappa shape index (κ2) is 10.2. The first-order valence-electron chi connectivity index (χ1n) is 9.60. The van der Waals surface area contributed by atoms with Crippen LogP contribution in [0.2, 0.25) is 5.02 Å². The molecule has 3 aromatic carbocycles. The summed E-state index contributed by atoms with van der Waals surface area (Å²) in [7, 11) is -2.72. The number of ether oxygens (including phenoxy) is 1. The summed E-state index contributed by atoms with van der Waals surface area (Å²) in [6, 6.07) is 18.9. The quantitative estimate of drug-likeness (QED) is 0.289. The Morgan fingerprint density at radius 2 is 1.70 bits per heavy atom. The van der Waals surface area contributed by atoms with Gasteiger partial charge in [-0.15, -0.1) is 0 Å². The number of methoxy groups -OCH3 is 1. The number of carbonyl (C=O) groups excluding carboxylic acids is 1. The van der Waals surface area contributed by atoms with Crippen molar-refractivity contribution in [2.75, 3.05) is 12.4 Å². The summed E-state index contributed by atoms with van der Waals surface area (Å²) in [5, 5.41) is 12.6. The van der Waals surface area contributed by atoms with E-state index in [1.54, 1.807) is 36.4 Å². The summed E-state index contributed by atoms with van der Waals surface area (Å²) in [4.78, 5) is 12.5. The van der Waals surface area contributed by atoms with E-state index >= 15 is 0 Å². The summed E-state index contributed by atoms with van der Waals surface area (Å²) in [6.45, 7) is 1.84. The highest BCUT2D eigenvalue weighted by atomic mass is 35.5. The van der Waals surface area contributed by atoms with Crippen LogP contribution in [0.4, 0.5) is 5.69 Å². The standard InChI is InChI=1S/C24H19ClN2O5S/c1-16-3-10-21(11-4-16)33(29,30)32-22-12-5-17(14-23(22)31-2)13-18(15-26)24(28)27-20-8-6-19(25)7-9-20/h3-14H,1-2H3,(H,27,28)/b18-13+. The van der Waals surface area contributed by atoms with Crippen molar-refractivity contribution in [1.29, 1.82) is 5.26 Å². The van der Waals surface area contributed by atoms with Crippen LogP contribution >= 0.6 is 11.6 Å². The van der Waals surface area contributed by atoms with E-state index in [-0.39, 0.29) is 22.0 Å². The van der Waals surface area contributed by atoms with Crippen molar-refractivity contribution in [3.8, 4) is 17.6 Å². The van der Waals surface area contributed by atoms with Gasteiger partial charge in [-0.05, 0) is 67.1 Å². The van der Waals surface area contributed by atoms with Gasteiger partial charge in [-0.2, -0.15) is 13.7 Å². The van der Waals surface area contributed by atoms with Crippen molar-refractivity contribution in [2.45, 2.75) is 11.8 Å². The number of halogens is 1. The fourth-order valence-corrected chi connectivity index (χ4v) is 3.83. The number of nitrogens with zero attached hydrogens (tertiary/aromatic N) is 1. The molecule has 9 heteroatoms. The molecule has 0 fully saturated rings. The van der Waals surface area contributed by atoms with Gasteiger partial charge in [0.05, 0.1) is 7.11 Å². The summed E-state index contributed by atoms with van der Waals surface area (Å²) in [6.07, 6.45) is 1.35. The van der Waals surface area contributed by atoms with Crippen LogP contribution in [0.3, 0.4) is 0 Å². The van der Waals surface area contributed by atoms with Crippen LogP contribution < -0.4 is 14.2 Å². The number of amides is 1. The molecule has 0 aliphatic heterocycles. The predicted octanol–water partition coefficient (Wildman–Crippen LogP) is 4.97. The second-order valence-corrected chi connectivity index (χ2v) is 8.87. The van der Waals surface area contributed by atoms with Crippen molar-refractivity contribution < 1.29 is 22.1 Å². The molecule has 0 radical (unpaired) electrons. The average molecular weight is 483 g/mol. The first kappa shape index (κ1) is 23.9. The molecule has 0 unspecified atom stereocenters. The van der Waals surface area contributed by atoms with Gasteiger partial charge < -0.3 is 14.2 Å². The monoisotopic (exact) mass is 482 g/mol. The zero-order valence-corrected chi connectivity index (χ0v) is 19.3. The van der Waals surface area contributed by atoms with E-state index in [0.717, 1.165) is 5.56 Å². The maximum absolute atomic E-state index is 12.6. The minimum Gasteiger partial charge on any atom is -0.493 e. The van der Waals surface area contributed by atoms with Crippen molar-refractivity contribution in [1.82, 2.24) is 0 Å². The lowest BCUT2D eigenvalue weighted by atomic mass is 10.1. The van der Waals surface area contributed by atoms with E-state index in [0.29, 0.717) is 16.3 Å². The van der Waals surface area contributed by atoms with E-state index in [4.69, 9.17) is 20.5 Å². The van der Waals surface area contributed by atoms with E-state index in [2.05, 4.69) is 5.32 Å². The van der Waals surface area contributed by atoms with E-state index < -0.39 is 16.0 Å². The van der Waals surface area contributed by atoms with E-state index in [9.17, 15) is 18.5 Å². The number of aryl methyl sites for hydroxylation is 1. The number of rotatable bonds is 7. The molecule has 3 rings (SSSR count). The molecule has 0 aliphatic rings. The third-order valence-corrected chi connectivity index (χ3v) is 5.98. The number of hydrogen-bond acceptors (Lipinski definition) is 6. The second-order valence-electron chi connectivity index (χ2n) is 6.89. The third-order valence-electron chi connectivity index (χ3n) is 4.48. The highest BCUT2D eigenvalue weighted by Crippen LogP contribution is 2.31. The molecule has 0 atom stereocenters. The molecular weight excluding hydrogens is 464 g/mol. The Labute approximate surface area is 197 Å². The molecule has 0 aromatic heterocycles. The van der Waals surface area contributed by atoms with Crippen LogP contribution in [-0.4, -0.2) is 21.4 Å². The normalized spacial score (nSPS) is 11.4. The number of benzene rings is 3. The number of nitrogens with one attached hydrogen (secondary N) is 1. The zero-order valence-electron chi connectivity index (χ0n) is 17.7. The van der Waals surface area contributed by atoms with Crippen molar-refractivity contribution in [2.24, 2.45) is 0 Å². The van der Waals surface area contributed by atoms with Crippen LogP contribution in [0, 0.1) is 18.3 Å². The number of carbonyl (C=O) groups is 1. The van der Waals surface area contributed by atoms with Gasteiger partial charge in [-0.3, -0.25) is 4.79 Å². The average Bonchev–Trinajstić information content (AvgIpc) is 2.79. The fraction of sp³-hybridized carbons (Fsp3) is 0.0833. The Morgan fingerprint density at radius 1 is 1.03 bits per heavy atom. The minimum absolute atomic E-state index is 0.00441. The lowest BCUT2D eigenvalue weighted by Gasteiger charge is -2.12. The highest BCUT2D eigenvalue weighted by Gasteiger charge is 2.19. The van der Waals surface area contributed by atoms with Gasteiger partial charge >= 0.3 is 10.1 Å². The van der Waals surface area contributed by atoms with Gasteiger partial charge in [0.25, 0.3) is 5.91 Å². The highest BCUT2D eigenvalue weighted by molar-refractivity contribution is 7.87. The smallest absolute Gasteiger partial charge is 0.339 e. The molecular formula is C24H19ClN2O5S. The molecule has 0 saturated heterocycles. The third kappa shape index (κ3) is 6.13. The number of hydrogen-bond donors (Lipinski definition) is 1. The molecule has 0 heterocycles. The molecule has 1 N–H and O–H groups in total. The Kier molecular flexibility index (Phi) is 7.38. The number of anilines is 1. The summed E-state index contributed by atoms with van der Waals surface area (Å²) < 4.78 is 35.7. The molecule has 3 aromatic rings. The molecule has 1 amide bonds. The molecule has 7 nitrogen and oxygen atoms in total. The van der Waals surface area contributed by atoms with Gasteiger partial charge in [0.1, 0.15) is 16.5 Å². The van der Waals surface area contributed by atoms with Gasteiger partial charge in [0.15, 0.2) is 11.5 Å². The first-order chi connectivity index (χ1) is 15.7. The zero-order chi connectivity index (χ0) is 24.0. The van der Waals surface area contributed by atoms with Crippen molar-refractivity contribution >= 4 is 39.4 Å². The Hall–Kier alpha value is -3.80. The van der Waals surface area contributed by atoms with Crippen LogP contribution in [0.1, 0.15) is 11.1 Å². The Bertz CT molecular complexity index is 1340. The van der Waals surface area contributed by atoms with Crippen LogP contribution in [0.15, 0.2) is 77.2 Å². The van der Waals surface area contributed by atoms with Crippen molar-refractivity contribution in [3.63, 3.8) is 0 Å². The molecule has 0 spiro atoms. The maximum Gasteiger partial charge on any atom is 0.339 e. The summed E-state index contributed by atoms with van der Waals surface area (Å²) in [5.74, 6) is -0.518. The molecule has 168 valence electrons. The lowest BCUT2D eigenvalue weighted by molar-refractivity contribution is -0.112. The maximum atomic E-state index is 12.6. The first-order valence-corrected chi connectivity index (χ1v) is 11.4. The summed E-state index contributed by atoms with van der Waals surface area (Å²) >= 11 is 5.83. The summed E-state index contributed by atoms with van der Waals surface area (Å²) in [5.41, 5.74) is 1.67.